The Balaban J connectivity index is 2.45. The van der Waals surface area contributed by atoms with E-state index >= 15 is 0 Å². The molecule has 3 nitrogen and oxygen atoms in total. The molecule has 0 unspecified atom stereocenters. The Morgan fingerprint density at radius 1 is 1.56 bits per heavy atom. The summed E-state index contributed by atoms with van der Waals surface area (Å²) in [5.74, 6) is -0.169. The summed E-state index contributed by atoms with van der Waals surface area (Å²) in [6, 6.07) is 7.91. The highest BCUT2D eigenvalue weighted by molar-refractivity contribution is 9.10. The molecule has 1 aromatic carbocycles. The van der Waals surface area contributed by atoms with E-state index < -0.39 is 0 Å². The van der Waals surface area contributed by atoms with Crippen molar-refractivity contribution in [2.45, 2.75) is 26.3 Å². The van der Waals surface area contributed by atoms with Gasteiger partial charge in [-0.3, -0.25) is 4.79 Å². The summed E-state index contributed by atoms with van der Waals surface area (Å²) in [7, 11) is 0. The molecule has 0 radical (unpaired) electrons. The van der Waals surface area contributed by atoms with Crippen LogP contribution in [0.2, 0.25) is 0 Å². The SMILES string of the molecule is CCOC(=O)C[C@H](C)Nc1cccc(Br)c1. The van der Waals surface area contributed by atoms with Crippen molar-refractivity contribution in [1.29, 1.82) is 0 Å². The first kappa shape index (κ1) is 13.0. The van der Waals surface area contributed by atoms with Crippen LogP contribution in [-0.4, -0.2) is 18.6 Å². The van der Waals surface area contributed by atoms with E-state index in [4.69, 9.17) is 4.74 Å². The monoisotopic (exact) mass is 285 g/mol. The molecule has 1 rings (SSSR count). The van der Waals surface area contributed by atoms with Gasteiger partial charge >= 0.3 is 5.97 Å². The molecule has 0 aliphatic heterocycles. The lowest BCUT2D eigenvalue weighted by atomic mass is 10.2. The zero-order chi connectivity index (χ0) is 12.0. The average molecular weight is 286 g/mol. The Kier molecular flexibility index (Phi) is 5.32. The van der Waals surface area contributed by atoms with Crippen molar-refractivity contribution < 1.29 is 9.53 Å². The third-order valence-corrected chi connectivity index (χ3v) is 2.51. The van der Waals surface area contributed by atoms with Gasteiger partial charge in [-0.25, -0.2) is 0 Å². The van der Waals surface area contributed by atoms with Gasteiger partial charge in [0.05, 0.1) is 13.0 Å². The van der Waals surface area contributed by atoms with Crippen LogP contribution in [0.4, 0.5) is 5.69 Å². The molecule has 0 aliphatic carbocycles. The number of carbonyl (C=O) groups excluding carboxylic acids is 1. The molecule has 0 heterocycles. The fourth-order valence-electron chi connectivity index (χ4n) is 1.38. The fraction of sp³-hybridized carbons (Fsp3) is 0.417. The Labute approximate surface area is 104 Å². The van der Waals surface area contributed by atoms with Gasteiger partial charge in [0, 0.05) is 16.2 Å². The number of rotatable bonds is 5. The number of hydrogen-bond acceptors (Lipinski definition) is 3. The summed E-state index contributed by atoms with van der Waals surface area (Å²) >= 11 is 3.40. The predicted molar refractivity (Wildman–Crippen MR) is 68.5 cm³/mol. The number of nitrogens with one attached hydrogen (secondary N) is 1. The van der Waals surface area contributed by atoms with Gasteiger partial charge in [-0.1, -0.05) is 22.0 Å². The number of ether oxygens (including phenoxy) is 1. The molecule has 0 amide bonds. The molecule has 0 saturated heterocycles. The maximum atomic E-state index is 11.2. The molecule has 1 atom stereocenters. The number of halogens is 1. The highest BCUT2D eigenvalue weighted by atomic mass is 79.9. The van der Waals surface area contributed by atoms with E-state index in [9.17, 15) is 4.79 Å². The molecule has 0 aliphatic rings. The van der Waals surface area contributed by atoms with Gasteiger partial charge in [0.15, 0.2) is 0 Å². The summed E-state index contributed by atoms with van der Waals surface area (Å²) in [6.07, 6.45) is 0.375. The van der Waals surface area contributed by atoms with E-state index in [1.54, 1.807) is 0 Å². The second-order valence-corrected chi connectivity index (χ2v) is 4.48. The quantitative estimate of drug-likeness (QED) is 0.845. The lowest BCUT2D eigenvalue weighted by molar-refractivity contribution is -0.143. The van der Waals surface area contributed by atoms with Crippen molar-refractivity contribution in [1.82, 2.24) is 0 Å². The Morgan fingerprint density at radius 3 is 2.94 bits per heavy atom. The third-order valence-electron chi connectivity index (χ3n) is 2.02. The lowest BCUT2D eigenvalue weighted by Crippen LogP contribution is -2.20. The van der Waals surface area contributed by atoms with Crippen LogP contribution in [-0.2, 0) is 9.53 Å². The number of anilines is 1. The highest BCUT2D eigenvalue weighted by Gasteiger charge is 2.09. The number of carbonyl (C=O) groups is 1. The van der Waals surface area contributed by atoms with E-state index in [1.807, 2.05) is 38.1 Å². The summed E-state index contributed by atoms with van der Waals surface area (Å²) in [6.45, 7) is 4.20. The molecule has 1 aromatic rings. The van der Waals surface area contributed by atoms with Gasteiger partial charge < -0.3 is 10.1 Å². The lowest BCUT2D eigenvalue weighted by Gasteiger charge is -2.14. The average Bonchev–Trinajstić information content (AvgIpc) is 2.17. The zero-order valence-corrected chi connectivity index (χ0v) is 11.1. The first-order chi connectivity index (χ1) is 7.61. The number of hydrogen-bond donors (Lipinski definition) is 1. The van der Waals surface area contributed by atoms with Crippen molar-refractivity contribution in [3.05, 3.63) is 28.7 Å². The Hall–Kier alpha value is -1.03. The molecule has 0 aromatic heterocycles. The topological polar surface area (TPSA) is 38.3 Å². The number of benzene rings is 1. The fourth-order valence-corrected chi connectivity index (χ4v) is 1.78. The smallest absolute Gasteiger partial charge is 0.307 e. The largest absolute Gasteiger partial charge is 0.466 e. The van der Waals surface area contributed by atoms with E-state index in [0.717, 1.165) is 10.2 Å². The van der Waals surface area contributed by atoms with Gasteiger partial charge in [0.1, 0.15) is 0 Å². The minimum atomic E-state index is -0.169. The summed E-state index contributed by atoms with van der Waals surface area (Å²) in [4.78, 5) is 11.2. The van der Waals surface area contributed by atoms with Gasteiger partial charge in [-0.05, 0) is 32.0 Å². The zero-order valence-electron chi connectivity index (χ0n) is 9.50. The minimum Gasteiger partial charge on any atom is -0.466 e. The van der Waals surface area contributed by atoms with Crippen LogP contribution in [0.1, 0.15) is 20.3 Å². The predicted octanol–water partition coefficient (Wildman–Crippen LogP) is 3.20. The van der Waals surface area contributed by atoms with Crippen molar-refractivity contribution >= 4 is 27.6 Å². The molecular formula is C12H16BrNO2. The van der Waals surface area contributed by atoms with Crippen LogP contribution in [0.3, 0.4) is 0 Å². The standard InChI is InChI=1S/C12H16BrNO2/c1-3-16-12(15)7-9(2)14-11-6-4-5-10(13)8-11/h4-6,8-9,14H,3,7H2,1-2H3/t9-/m0/s1. The van der Waals surface area contributed by atoms with Crippen molar-refractivity contribution in [3.8, 4) is 0 Å². The summed E-state index contributed by atoms with van der Waals surface area (Å²) in [5.41, 5.74) is 0.992. The maximum Gasteiger partial charge on any atom is 0.307 e. The molecule has 88 valence electrons. The minimum absolute atomic E-state index is 0.0633. The van der Waals surface area contributed by atoms with Gasteiger partial charge in [0.2, 0.25) is 0 Å². The second-order valence-electron chi connectivity index (χ2n) is 3.56. The summed E-state index contributed by atoms with van der Waals surface area (Å²) < 4.78 is 5.90. The molecule has 0 saturated carbocycles. The third kappa shape index (κ3) is 4.66. The van der Waals surface area contributed by atoms with E-state index in [2.05, 4.69) is 21.2 Å². The second kappa shape index (κ2) is 6.53. The van der Waals surface area contributed by atoms with Gasteiger partial charge in [-0.2, -0.15) is 0 Å². The molecule has 0 spiro atoms. The van der Waals surface area contributed by atoms with Crippen molar-refractivity contribution in [2.75, 3.05) is 11.9 Å². The Bertz CT molecular complexity index is 355. The first-order valence-electron chi connectivity index (χ1n) is 5.29. The number of esters is 1. The van der Waals surface area contributed by atoms with Crippen molar-refractivity contribution in [3.63, 3.8) is 0 Å². The van der Waals surface area contributed by atoms with Crippen LogP contribution in [0.25, 0.3) is 0 Å². The van der Waals surface area contributed by atoms with E-state index in [1.165, 1.54) is 0 Å². The summed E-state index contributed by atoms with van der Waals surface area (Å²) in [5, 5.41) is 3.24. The molecule has 0 bridgehead atoms. The van der Waals surface area contributed by atoms with Crippen LogP contribution in [0.5, 0.6) is 0 Å². The van der Waals surface area contributed by atoms with Crippen LogP contribution < -0.4 is 5.32 Å². The van der Waals surface area contributed by atoms with Gasteiger partial charge in [0.25, 0.3) is 0 Å². The van der Waals surface area contributed by atoms with E-state index in [-0.39, 0.29) is 12.0 Å². The maximum absolute atomic E-state index is 11.2. The molecule has 4 heteroatoms. The first-order valence-corrected chi connectivity index (χ1v) is 6.09. The molecule has 0 fully saturated rings. The van der Waals surface area contributed by atoms with E-state index in [0.29, 0.717) is 13.0 Å². The van der Waals surface area contributed by atoms with Crippen LogP contribution in [0.15, 0.2) is 28.7 Å². The van der Waals surface area contributed by atoms with Gasteiger partial charge in [-0.15, -0.1) is 0 Å². The van der Waals surface area contributed by atoms with Crippen molar-refractivity contribution in [2.24, 2.45) is 0 Å². The normalized spacial score (nSPS) is 11.9. The van der Waals surface area contributed by atoms with Crippen LogP contribution in [0, 0.1) is 0 Å². The Morgan fingerprint density at radius 2 is 2.31 bits per heavy atom. The molecule has 1 N–H and O–H groups in total. The molecule has 16 heavy (non-hydrogen) atoms. The molecular weight excluding hydrogens is 270 g/mol. The van der Waals surface area contributed by atoms with Crippen LogP contribution >= 0.6 is 15.9 Å². The highest BCUT2D eigenvalue weighted by Crippen LogP contribution is 2.16.